The van der Waals surface area contributed by atoms with E-state index in [4.69, 9.17) is 11.6 Å². The Morgan fingerprint density at radius 3 is 2.52 bits per heavy atom. The summed E-state index contributed by atoms with van der Waals surface area (Å²) in [5.41, 5.74) is -0.801. The number of thiophene rings is 1. The summed E-state index contributed by atoms with van der Waals surface area (Å²) >= 11 is 6.70. The molecule has 4 nitrogen and oxygen atoms in total. The number of esters is 1. The van der Waals surface area contributed by atoms with Crippen LogP contribution in [-0.4, -0.2) is 19.0 Å². The molecule has 2 rings (SSSR count). The number of hydrogen-bond donors (Lipinski definition) is 1. The van der Waals surface area contributed by atoms with Crippen molar-refractivity contribution in [2.45, 2.75) is 0 Å². The van der Waals surface area contributed by atoms with Crippen molar-refractivity contribution in [2.75, 3.05) is 12.4 Å². The van der Waals surface area contributed by atoms with Crippen LogP contribution in [0.25, 0.3) is 0 Å². The first-order valence-corrected chi connectivity index (χ1v) is 6.76. The van der Waals surface area contributed by atoms with Crippen molar-refractivity contribution in [1.82, 2.24) is 0 Å². The Morgan fingerprint density at radius 2 is 1.95 bits per heavy atom. The molecule has 0 saturated carbocycles. The van der Waals surface area contributed by atoms with E-state index in [1.165, 1.54) is 12.1 Å². The Balaban J connectivity index is 2.31. The summed E-state index contributed by atoms with van der Waals surface area (Å²) in [6, 6.07) is 4.36. The zero-order chi connectivity index (χ0) is 15.6. The van der Waals surface area contributed by atoms with Gasteiger partial charge in [0.15, 0.2) is 0 Å². The van der Waals surface area contributed by atoms with E-state index < -0.39 is 29.1 Å². The summed E-state index contributed by atoms with van der Waals surface area (Å²) < 4.78 is 31.9. The number of methoxy groups -OCH3 is 1. The molecular weight excluding hydrogens is 324 g/mol. The molecular formula is C13H8ClF2NO3S. The second-order valence-corrected chi connectivity index (χ2v) is 5.58. The number of carbonyl (C=O) groups is 2. The highest BCUT2D eigenvalue weighted by Crippen LogP contribution is 2.24. The Hall–Kier alpha value is -1.99. The van der Waals surface area contributed by atoms with Crippen LogP contribution in [0.15, 0.2) is 24.3 Å². The molecule has 0 aliphatic heterocycles. The van der Waals surface area contributed by atoms with Gasteiger partial charge in [-0.3, -0.25) is 4.79 Å². The molecule has 0 radical (unpaired) electrons. The Morgan fingerprint density at radius 1 is 1.24 bits per heavy atom. The summed E-state index contributed by atoms with van der Waals surface area (Å²) in [6.45, 7) is 0. The van der Waals surface area contributed by atoms with Crippen molar-refractivity contribution in [3.8, 4) is 0 Å². The highest BCUT2D eigenvalue weighted by molar-refractivity contribution is 7.18. The van der Waals surface area contributed by atoms with E-state index in [0.29, 0.717) is 10.4 Å². The number of nitrogens with one attached hydrogen (secondary N) is 1. The Bertz CT molecular complexity index is 717. The van der Waals surface area contributed by atoms with Crippen molar-refractivity contribution in [3.05, 3.63) is 50.7 Å². The van der Waals surface area contributed by atoms with Gasteiger partial charge in [-0.05, 0) is 18.2 Å². The average molecular weight is 332 g/mol. The van der Waals surface area contributed by atoms with E-state index in [9.17, 15) is 18.4 Å². The largest absolute Gasteiger partial charge is 0.465 e. The van der Waals surface area contributed by atoms with E-state index in [1.54, 1.807) is 0 Å². The van der Waals surface area contributed by atoms with Crippen LogP contribution in [0.1, 0.15) is 20.0 Å². The normalized spacial score (nSPS) is 10.3. The van der Waals surface area contributed by atoms with Gasteiger partial charge in [-0.2, -0.15) is 0 Å². The van der Waals surface area contributed by atoms with Crippen LogP contribution in [0, 0.1) is 11.6 Å². The standard InChI is InChI=1S/C13H8ClF2NO3S/c1-20-13(19)6-4-9(8(16)5-7(6)15)17-12(18)10-2-3-11(14)21-10/h2-5H,1H3,(H,17,18). The third-order valence-corrected chi connectivity index (χ3v) is 3.74. The fourth-order valence-corrected chi connectivity index (χ4v) is 2.47. The number of halogens is 3. The molecule has 110 valence electrons. The highest BCUT2D eigenvalue weighted by atomic mass is 35.5. The van der Waals surface area contributed by atoms with Gasteiger partial charge in [0.1, 0.15) is 11.6 Å². The molecule has 0 aliphatic rings. The molecule has 0 bridgehead atoms. The molecule has 8 heteroatoms. The van der Waals surface area contributed by atoms with Crippen LogP contribution in [0.4, 0.5) is 14.5 Å². The lowest BCUT2D eigenvalue weighted by molar-refractivity contribution is 0.0595. The first kappa shape index (κ1) is 15.4. The molecule has 1 aromatic heterocycles. The van der Waals surface area contributed by atoms with E-state index in [-0.39, 0.29) is 10.6 Å². The van der Waals surface area contributed by atoms with Crippen molar-refractivity contribution < 1.29 is 23.1 Å². The second kappa shape index (κ2) is 6.19. The molecule has 21 heavy (non-hydrogen) atoms. The van der Waals surface area contributed by atoms with Crippen molar-refractivity contribution in [1.29, 1.82) is 0 Å². The number of amides is 1. The van der Waals surface area contributed by atoms with Gasteiger partial charge in [0.25, 0.3) is 5.91 Å². The van der Waals surface area contributed by atoms with Gasteiger partial charge in [-0.1, -0.05) is 11.6 Å². The topological polar surface area (TPSA) is 55.4 Å². The third kappa shape index (κ3) is 3.37. The lowest BCUT2D eigenvalue weighted by Gasteiger charge is -2.08. The van der Waals surface area contributed by atoms with Gasteiger partial charge in [0.2, 0.25) is 0 Å². The Labute approximate surface area is 127 Å². The zero-order valence-electron chi connectivity index (χ0n) is 10.6. The zero-order valence-corrected chi connectivity index (χ0v) is 12.1. The van der Waals surface area contributed by atoms with Gasteiger partial charge < -0.3 is 10.1 Å². The van der Waals surface area contributed by atoms with E-state index in [1.807, 2.05) is 0 Å². The van der Waals surface area contributed by atoms with Gasteiger partial charge in [0.05, 0.1) is 27.6 Å². The third-order valence-electron chi connectivity index (χ3n) is 2.51. The van der Waals surface area contributed by atoms with Crippen LogP contribution in [0.3, 0.4) is 0 Å². The lowest BCUT2D eigenvalue weighted by atomic mass is 10.1. The Kier molecular flexibility index (Phi) is 4.54. The smallest absolute Gasteiger partial charge is 0.340 e. The number of anilines is 1. The quantitative estimate of drug-likeness (QED) is 0.872. The molecule has 0 atom stereocenters. The fraction of sp³-hybridized carbons (Fsp3) is 0.0769. The number of benzene rings is 1. The fourth-order valence-electron chi connectivity index (χ4n) is 1.53. The molecule has 0 spiro atoms. The summed E-state index contributed by atoms with van der Waals surface area (Å²) in [7, 11) is 1.07. The van der Waals surface area contributed by atoms with Gasteiger partial charge in [-0.15, -0.1) is 11.3 Å². The first-order chi connectivity index (χ1) is 9.92. The first-order valence-electron chi connectivity index (χ1n) is 5.56. The van der Waals surface area contributed by atoms with Crippen LogP contribution < -0.4 is 5.32 Å². The molecule has 1 amide bonds. The lowest BCUT2D eigenvalue weighted by Crippen LogP contribution is -2.13. The van der Waals surface area contributed by atoms with E-state index in [0.717, 1.165) is 24.5 Å². The second-order valence-electron chi connectivity index (χ2n) is 3.86. The van der Waals surface area contributed by atoms with Crippen molar-refractivity contribution in [3.63, 3.8) is 0 Å². The van der Waals surface area contributed by atoms with E-state index >= 15 is 0 Å². The van der Waals surface area contributed by atoms with Crippen LogP contribution in [-0.2, 0) is 4.74 Å². The van der Waals surface area contributed by atoms with Gasteiger partial charge in [-0.25, -0.2) is 13.6 Å². The highest BCUT2D eigenvalue weighted by Gasteiger charge is 2.18. The minimum Gasteiger partial charge on any atom is -0.465 e. The molecule has 0 unspecified atom stereocenters. The maximum absolute atomic E-state index is 13.6. The molecule has 1 aromatic carbocycles. The maximum atomic E-state index is 13.6. The summed E-state index contributed by atoms with van der Waals surface area (Å²) in [6.07, 6.45) is 0. The molecule has 0 saturated heterocycles. The molecule has 0 aliphatic carbocycles. The minimum absolute atomic E-state index is 0.253. The monoisotopic (exact) mass is 331 g/mol. The summed E-state index contributed by atoms with van der Waals surface area (Å²) in [4.78, 5) is 23.5. The van der Waals surface area contributed by atoms with Crippen molar-refractivity contribution in [2.24, 2.45) is 0 Å². The predicted molar refractivity (Wildman–Crippen MR) is 75.0 cm³/mol. The van der Waals surface area contributed by atoms with Crippen molar-refractivity contribution >= 4 is 40.5 Å². The minimum atomic E-state index is -1.07. The number of hydrogen-bond acceptors (Lipinski definition) is 4. The van der Waals surface area contributed by atoms with E-state index in [2.05, 4.69) is 10.1 Å². The average Bonchev–Trinajstić information content (AvgIpc) is 2.87. The van der Waals surface area contributed by atoms with Gasteiger partial charge >= 0.3 is 5.97 Å². The number of ether oxygens (including phenoxy) is 1. The molecule has 0 fully saturated rings. The maximum Gasteiger partial charge on any atom is 0.340 e. The molecule has 1 N–H and O–H groups in total. The van der Waals surface area contributed by atoms with Crippen LogP contribution in [0.5, 0.6) is 0 Å². The van der Waals surface area contributed by atoms with Crippen LogP contribution in [0.2, 0.25) is 4.34 Å². The summed E-state index contributed by atoms with van der Waals surface area (Å²) in [5, 5.41) is 2.25. The van der Waals surface area contributed by atoms with Crippen LogP contribution >= 0.6 is 22.9 Å². The van der Waals surface area contributed by atoms with Gasteiger partial charge in [0, 0.05) is 6.07 Å². The molecule has 1 heterocycles. The number of carbonyl (C=O) groups excluding carboxylic acids is 2. The number of rotatable bonds is 3. The SMILES string of the molecule is COC(=O)c1cc(NC(=O)c2ccc(Cl)s2)c(F)cc1F. The molecule has 2 aromatic rings. The summed E-state index contributed by atoms with van der Waals surface area (Å²) in [5.74, 6) is -3.66. The predicted octanol–water partition coefficient (Wildman–Crippen LogP) is 3.72.